The average molecular weight is 264 g/mol. The average Bonchev–Trinajstić information content (AvgIpc) is 2.47. The van der Waals surface area contributed by atoms with E-state index in [4.69, 9.17) is 5.84 Å². The molecule has 0 amide bonds. The van der Waals surface area contributed by atoms with Crippen LogP contribution in [0.5, 0.6) is 0 Å². The molecule has 106 valence electrons. The van der Waals surface area contributed by atoms with Gasteiger partial charge in [0, 0.05) is 38.7 Å². The molecule has 0 aliphatic carbocycles. The van der Waals surface area contributed by atoms with Crippen LogP contribution >= 0.6 is 0 Å². The maximum absolute atomic E-state index is 5.49. The highest BCUT2D eigenvalue weighted by atomic mass is 15.3. The molecular formula is C13H24N6. The van der Waals surface area contributed by atoms with Crippen LogP contribution in [0.15, 0.2) is 6.07 Å². The fourth-order valence-corrected chi connectivity index (χ4v) is 2.35. The van der Waals surface area contributed by atoms with E-state index >= 15 is 0 Å². The van der Waals surface area contributed by atoms with Crippen molar-refractivity contribution in [3.63, 3.8) is 0 Å². The molecule has 6 heteroatoms. The van der Waals surface area contributed by atoms with Gasteiger partial charge in [-0.15, -0.1) is 0 Å². The van der Waals surface area contributed by atoms with Gasteiger partial charge in [-0.25, -0.2) is 15.8 Å². The third-order valence-electron chi connectivity index (χ3n) is 3.52. The minimum absolute atomic E-state index is 0.700. The molecule has 0 spiro atoms. The first-order chi connectivity index (χ1) is 9.26. The molecule has 0 unspecified atom stereocenters. The molecule has 3 N–H and O–H groups in total. The summed E-state index contributed by atoms with van der Waals surface area (Å²) in [7, 11) is 0. The highest BCUT2D eigenvalue weighted by Crippen LogP contribution is 2.18. The van der Waals surface area contributed by atoms with E-state index in [2.05, 4.69) is 39.0 Å². The van der Waals surface area contributed by atoms with E-state index in [0.717, 1.165) is 57.2 Å². The second kappa shape index (κ2) is 6.68. The lowest BCUT2D eigenvalue weighted by molar-refractivity contribution is 0.270. The van der Waals surface area contributed by atoms with Crippen molar-refractivity contribution in [2.45, 2.75) is 26.7 Å². The highest BCUT2D eigenvalue weighted by molar-refractivity contribution is 5.49. The monoisotopic (exact) mass is 264 g/mol. The van der Waals surface area contributed by atoms with Gasteiger partial charge in [0.2, 0.25) is 0 Å². The first-order valence-corrected chi connectivity index (χ1v) is 7.08. The molecule has 0 atom stereocenters. The molecular weight excluding hydrogens is 240 g/mol. The third kappa shape index (κ3) is 3.54. The Labute approximate surface area is 115 Å². The lowest BCUT2D eigenvalue weighted by Gasteiger charge is -2.34. The Kier molecular flexibility index (Phi) is 4.93. The van der Waals surface area contributed by atoms with Crippen LogP contribution in [0, 0.1) is 0 Å². The number of hydrogen-bond acceptors (Lipinski definition) is 6. The van der Waals surface area contributed by atoms with Gasteiger partial charge in [-0.3, -0.25) is 0 Å². The van der Waals surface area contributed by atoms with E-state index in [1.807, 2.05) is 6.07 Å². The summed E-state index contributed by atoms with van der Waals surface area (Å²) in [6.45, 7) is 9.67. The molecule has 0 bridgehead atoms. The summed E-state index contributed by atoms with van der Waals surface area (Å²) in [5.41, 5.74) is 2.64. The fourth-order valence-electron chi connectivity index (χ4n) is 2.35. The topological polar surface area (TPSA) is 70.3 Å². The molecule has 19 heavy (non-hydrogen) atoms. The van der Waals surface area contributed by atoms with Gasteiger partial charge in [0.1, 0.15) is 17.5 Å². The Hall–Kier alpha value is -1.40. The van der Waals surface area contributed by atoms with Crippen molar-refractivity contribution < 1.29 is 0 Å². The standard InChI is InChI=1S/C13H24N6/c1-3-5-11-15-12(17-14)10-13(16-11)19-8-6-18(4-2)7-9-19/h10H,3-9,14H2,1-2H3,(H,15,16,17). The van der Waals surface area contributed by atoms with E-state index in [0.29, 0.717) is 5.82 Å². The summed E-state index contributed by atoms with van der Waals surface area (Å²) < 4.78 is 0. The molecule has 1 aliphatic heterocycles. The zero-order valence-corrected chi connectivity index (χ0v) is 11.9. The normalized spacial score (nSPS) is 16.7. The van der Waals surface area contributed by atoms with E-state index in [1.54, 1.807) is 0 Å². The summed E-state index contributed by atoms with van der Waals surface area (Å²) in [5, 5.41) is 0. The van der Waals surface area contributed by atoms with Crippen LogP contribution in [-0.4, -0.2) is 47.6 Å². The lowest BCUT2D eigenvalue weighted by Crippen LogP contribution is -2.46. The number of piperazine rings is 1. The lowest BCUT2D eigenvalue weighted by atomic mass is 10.3. The van der Waals surface area contributed by atoms with Crippen molar-refractivity contribution in [3.05, 3.63) is 11.9 Å². The van der Waals surface area contributed by atoms with Crippen LogP contribution in [0.4, 0.5) is 11.6 Å². The molecule has 6 nitrogen and oxygen atoms in total. The summed E-state index contributed by atoms with van der Waals surface area (Å²) in [5.74, 6) is 8.04. The SMILES string of the molecule is CCCc1nc(NN)cc(N2CCN(CC)CC2)n1. The smallest absolute Gasteiger partial charge is 0.145 e. The van der Waals surface area contributed by atoms with E-state index in [1.165, 1.54) is 0 Å². The van der Waals surface area contributed by atoms with Gasteiger partial charge in [-0.2, -0.15) is 0 Å². The quantitative estimate of drug-likeness (QED) is 0.607. The van der Waals surface area contributed by atoms with Crippen LogP contribution in [0.1, 0.15) is 26.1 Å². The molecule has 1 aromatic heterocycles. The van der Waals surface area contributed by atoms with E-state index < -0.39 is 0 Å². The van der Waals surface area contributed by atoms with E-state index in [9.17, 15) is 0 Å². The Balaban J connectivity index is 2.12. The van der Waals surface area contributed by atoms with Gasteiger partial charge in [-0.05, 0) is 13.0 Å². The maximum Gasteiger partial charge on any atom is 0.145 e. The van der Waals surface area contributed by atoms with Crippen LogP contribution in [-0.2, 0) is 6.42 Å². The zero-order valence-electron chi connectivity index (χ0n) is 11.9. The van der Waals surface area contributed by atoms with Crippen molar-refractivity contribution in [3.8, 4) is 0 Å². The molecule has 2 heterocycles. The number of anilines is 2. The van der Waals surface area contributed by atoms with Crippen molar-refractivity contribution in [2.75, 3.05) is 43.0 Å². The Morgan fingerprint density at radius 2 is 1.95 bits per heavy atom. The first kappa shape index (κ1) is 14.0. The molecule has 1 aliphatic rings. The summed E-state index contributed by atoms with van der Waals surface area (Å²) in [6.07, 6.45) is 1.93. The number of aromatic nitrogens is 2. The molecule has 2 rings (SSSR count). The number of hydrogen-bond donors (Lipinski definition) is 2. The van der Waals surface area contributed by atoms with E-state index in [-0.39, 0.29) is 0 Å². The minimum Gasteiger partial charge on any atom is -0.354 e. The molecule has 0 radical (unpaired) electrons. The first-order valence-electron chi connectivity index (χ1n) is 7.08. The number of nitrogens with two attached hydrogens (primary N) is 1. The number of rotatable bonds is 5. The Morgan fingerprint density at radius 3 is 2.53 bits per heavy atom. The second-order valence-electron chi connectivity index (χ2n) is 4.84. The number of likely N-dealkylation sites (N-methyl/N-ethyl adjacent to an activating group) is 1. The third-order valence-corrected chi connectivity index (χ3v) is 3.52. The highest BCUT2D eigenvalue weighted by Gasteiger charge is 2.18. The Morgan fingerprint density at radius 1 is 1.21 bits per heavy atom. The molecule has 1 saturated heterocycles. The van der Waals surface area contributed by atoms with Crippen molar-refractivity contribution in [2.24, 2.45) is 5.84 Å². The van der Waals surface area contributed by atoms with Crippen molar-refractivity contribution in [1.82, 2.24) is 14.9 Å². The molecule has 0 aromatic carbocycles. The molecule has 1 fully saturated rings. The van der Waals surface area contributed by atoms with Crippen LogP contribution in [0.2, 0.25) is 0 Å². The predicted octanol–water partition coefficient (Wildman–Crippen LogP) is 0.857. The van der Waals surface area contributed by atoms with Crippen molar-refractivity contribution >= 4 is 11.6 Å². The summed E-state index contributed by atoms with van der Waals surface area (Å²) in [6, 6.07) is 1.93. The summed E-state index contributed by atoms with van der Waals surface area (Å²) >= 11 is 0. The van der Waals surface area contributed by atoms with Gasteiger partial charge in [0.05, 0.1) is 0 Å². The number of aryl methyl sites for hydroxylation is 1. The Bertz CT molecular complexity index is 400. The van der Waals surface area contributed by atoms with Gasteiger partial charge in [0.25, 0.3) is 0 Å². The minimum atomic E-state index is 0.700. The molecule has 1 aromatic rings. The number of hydrazine groups is 1. The van der Waals surface area contributed by atoms with Crippen molar-refractivity contribution in [1.29, 1.82) is 0 Å². The van der Waals surface area contributed by atoms with Gasteiger partial charge in [-0.1, -0.05) is 13.8 Å². The van der Waals surface area contributed by atoms with Crippen LogP contribution in [0.3, 0.4) is 0 Å². The van der Waals surface area contributed by atoms with Crippen LogP contribution < -0.4 is 16.2 Å². The second-order valence-corrected chi connectivity index (χ2v) is 4.84. The number of nitrogens with one attached hydrogen (secondary N) is 1. The van der Waals surface area contributed by atoms with Crippen LogP contribution in [0.25, 0.3) is 0 Å². The zero-order chi connectivity index (χ0) is 13.7. The molecule has 0 saturated carbocycles. The predicted molar refractivity (Wildman–Crippen MR) is 78.2 cm³/mol. The van der Waals surface area contributed by atoms with Gasteiger partial charge >= 0.3 is 0 Å². The summed E-state index contributed by atoms with van der Waals surface area (Å²) in [4.78, 5) is 13.8. The maximum atomic E-state index is 5.49. The van der Waals surface area contributed by atoms with Gasteiger partial charge < -0.3 is 15.2 Å². The largest absolute Gasteiger partial charge is 0.354 e. The number of nitrogen functional groups attached to an aromatic ring is 1. The fraction of sp³-hybridized carbons (Fsp3) is 0.692. The van der Waals surface area contributed by atoms with Gasteiger partial charge in [0.15, 0.2) is 0 Å². The number of nitrogens with zero attached hydrogens (tertiary/aromatic N) is 4.